The molecule has 1 saturated carbocycles. The van der Waals surface area contributed by atoms with E-state index in [9.17, 15) is 23.5 Å². The summed E-state index contributed by atoms with van der Waals surface area (Å²) in [5, 5.41) is 10.1. The first-order valence-corrected chi connectivity index (χ1v) is 12.7. The van der Waals surface area contributed by atoms with E-state index in [0.29, 0.717) is 25.8 Å². The van der Waals surface area contributed by atoms with Crippen molar-refractivity contribution < 1.29 is 28.2 Å². The number of aliphatic hydroxyl groups is 1. The molecule has 1 aliphatic carbocycles. The van der Waals surface area contributed by atoms with Crippen molar-refractivity contribution in [1.29, 1.82) is 0 Å². The average Bonchev–Trinajstić information content (AvgIpc) is 3.20. The summed E-state index contributed by atoms with van der Waals surface area (Å²) in [5.41, 5.74) is -0.242. The summed E-state index contributed by atoms with van der Waals surface area (Å²) in [6.45, 7) is 0.547. The fraction of sp³-hybridized carbons (Fsp3) is 0.630. The molecule has 2 fully saturated rings. The summed E-state index contributed by atoms with van der Waals surface area (Å²) < 4.78 is 34.5. The van der Waals surface area contributed by atoms with E-state index in [1.807, 2.05) is 0 Å². The number of halogens is 2. The van der Waals surface area contributed by atoms with Crippen molar-refractivity contribution in [2.24, 2.45) is 0 Å². The van der Waals surface area contributed by atoms with E-state index in [-0.39, 0.29) is 29.6 Å². The molecule has 5 nitrogen and oxygen atoms in total. The van der Waals surface area contributed by atoms with Gasteiger partial charge in [0.1, 0.15) is 12.2 Å². The Bertz CT molecular complexity index is 808. The number of carbonyl (C=O) groups excluding carboxylic acids is 2. The van der Waals surface area contributed by atoms with E-state index in [0.717, 1.165) is 57.4 Å². The van der Waals surface area contributed by atoms with Gasteiger partial charge in [0.05, 0.1) is 6.04 Å². The van der Waals surface area contributed by atoms with Crippen molar-refractivity contribution in [3.63, 3.8) is 0 Å². The molecule has 0 aromatic heterocycles. The summed E-state index contributed by atoms with van der Waals surface area (Å²) in [4.78, 5) is 25.9. The number of unbranched alkanes of at least 4 members (excludes halogenated alkanes) is 3. The third-order valence-corrected chi connectivity index (χ3v) is 6.80. The van der Waals surface area contributed by atoms with Gasteiger partial charge < -0.3 is 14.7 Å². The van der Waals surface area contributed by atoms with Crippen LogP contribution in [-0.4, -0.2) is 46.7 Å². The largest absolute Gasteiger partial charge is 0.462 e. The highest BCUT2D eigenvalue weighted by molar-refractivity contribution is 5.79. The molecule has 1 aromatic carbocycles. The van der Waals surface area contributed by atoms with Gasteiger partial charge in [0.15, 0.2) is 0 Å². The van der Waals surface area contributed by atoms with Gasteiger partial charge in [-0.3, -0.25) is 9.59 Å². The lowest BCUT2D eigenvalue weighted by molar-refractivity contribution is -0.150. The van der Waals surface area contributed by atoms with Crippen LogP contribution in [0.3, 0.4) is 0 Å². The molecule has 3 rings (SSSR count). The number of rotatable bonds is 12. The minimum Gasteiger partial charge on any atom is -0.462 e. The highest BCUT2D eigenvalue weighted by atomic mass is 19.3. The van der Waals surface area contributed by atoms with Crippen LogP contribution in [0.4, 0.5) is 8.78 Å². The number of likely N-dealkylation sites (tertiary alicyclic amines) is 1. The van der Waals surface area contributed by atoms with Crippen LogP contribution < -0.4 is 0 Å². The lowest BCUT2D eigenvalue weighted by atomic mass is 9.98. The van der Waals surface area contributed by atoms with Crippen LogP contribution in [0.2, 0.25) is 0 Å². The molecule has 0 unspecified atom stereocenters. The molecule has 1 saturated heterocycles. The van der Waals surface area contributed by atoms with E-state index in [2.05, 4.69) is 0 Å². The summed E-state index contributed by atoms with van der Waals surface area (Å²) in [5.74, 6) is -3.50. The number of aliphatic hydroxyl groups excluding tert-OH is 1. The summed E-state index contributed by atoms with van der Waals surface area (Å²) in [7, 11) is 0. The minimum absolute atomic E-state index is 0.00928. The number of hydrogen-bond acceptors (Lipinski definition) is 4. The minimum atomic E-state index is -3.40. The quantitative estimate of drug-likeness (QED) is 0.245. The molecule has 0 spiro atoms. The first-order chi connectivity index (χ1) is 16.4. The van der Waals surface area contributed by atoms with Crippen LogP contribution in [0.15, 0.2) is 42.5 Å². The molecule has 2 aliphatic rings. The smallest absolute Gasteiger partial charge is 0.306 e. The Morgan fingerprint density at radius 2 is 1.79 bits per heavy atom. The van der Waals surface area contributed by atoms with Crippen LogP contribution in [-0.2, 0) is 20.2 Å². The fourth-order valence-electron chi connectivity index (χ4n) is 4.76. The third kappa shape index (κ3) is 7.62. The number of nitrogens with zero attached hydrogens (tertiary/aromatic N) is 1. The number of hydrogen-bond donors (Lipinski definition) is 1. The molecule has 0 radical (unpaired) electrons. The van der Waals surface area contributed by atoms with Crippen LogP contribution in [0.25, 0.3) is 0 Å². The Kier molecular flexibility index (Phi) is 10.1. The second-order valence-corrected chi connectivity index (χ2v) is 9.43. The zero-order chi connectivity index (χ0) is 24.4. The van der Waals surface area contributed by atoms with Gasteiger partial charge in [-0.1, -0.05) is 61.7 Å². The number of amides is 1. The first kappa shape index (κ1) is 26.3. The summed E-state index contributed by atoms with van der Waals surface area (Å²) in [6, 6.07) is 6.97. The average molecular weight is 478 g/mol. The maximum atomic E-state index is 14.5. The number of alkyl halides is 2. The Labute approximate surface area is 201 Å². The zero-order valence-electron chi connectivity index (χ0n) is 19.8. The van der Waals surface area contributed by atoms with Gasteiger partial charge in [-0.15, -0.1) is 0 Å². The maximum Gasteiger partial charge on any atom is 0.306 e. The maximum absolute atomic E-state index is 14.5. The van der Waals surface area contributed by atoms with E-state index < -0.39 is 12.0 Å². The second kappa shape index (κ2) is 13.0. The lowest BCUT2D eigenvalue weighted by Crippen LogP contribution is -2.34. The van der Waals surface area contributed by atoms with Gasteiger partial charge in [0.25, 0.3) is 0 Å². The third-order valence-electron chi connectivity index (χ3n) is 6.80. The Balaban J connectivity index is 1.37. The Morgan fingerprint density at radius 3 is 2.53 bits per heavy atom. The molecule has 1 N–H and O–H groups in total. The predicted molar refractivity (Wildman–Crippen MR) is 126 cm³/mol. The Hall–Kier alpha value is -2.28. The van der Waals surface area contributed by atoms with Gasteiger partial charge in [-0.05, 0) is 44.9 Å². The van der Waals surface area contributed by atoms with Crippen LogP contribution in [0.5, 0.6) is 0 Å². The molecule has 0 bridgehead atoms. The van der Waals surface area contributed by atoms with Crippen molar-refractivity contribution in [3.05, 3.63) is 48.0 Å². The molecular formula is C27H37F2NO4. The van der Waals surface area contributed by atoms with E-state index in [1.54, 1.807) is 11.0 Å². The monoisotopic (exact) mass is 477 g/mol. The van der Waals surface area contributed by atoms with Gasteiger partial charge in [0, 0.05) is 24.9 Å². The molecule has 34 heavy (non-hydrogen) atoms. The molecule has 1 amide bonds. The van der Waals surface area contributed by atoms with Gasteiger partial charge in [-0.2, -0.15) is 8.78 Å². The highest BCUT2D eigenvalue weighted by Gasteiger charge is 2.39. The number of esters is 1. The molecular weight excluding hydrogens is 440 g/mol. The predicted octanol–water partition coefficient (Wildman–Crippen LogP) is 5.51. The molecule has 1 heterocycles. The number of ether oxygens (including phenoxy) is 1. The van der Waals surface area contributed by atoms with Gasteiger partial charge in [0.2, 0.25) is 5.91 Å². The van der Waals surface area contributed by atoms with Crippen LogP contribution in [0, 0.1) is 0 Å². The molecule has 7 heteroatoms. The number of benzene rings is 1. The van der Waals surface area contributed by atoms with E-state index >= 15 is 0 Å². The SMILES string of the molecule is O=C(CCCCCCN1C(=O)CC[C@@H]1C=C[C@@H](O)C(F)(F)c1ccccc1)OC1CCCCC1. The summed E-state index contributed by atoms with van der Waals surface area (Å²) >= 11 is 0. The van der Waals surface area contributed by atoms with Crippen molar-refractivity contribution >= 4 is 11.9 Å². The zero-order valence-corrected chi connectivity index (χ0v) is 19.8. The second-order valence-electron chi connectivity index (χ2n) is 9.43. The van der Waals surface area contributed by atoms with Crippen molar-refractivity contribution in [2.45, 2.75) is 101 Å². The van der Waals surface area contributed by atoms with Gasteiger partial charge in [-0.25, -0.2) is 0 Å². The summed E-state index contributed by atoms with van der Waals surface area (Å²) in [6.07, 6.45) is 10.9. The molecule has 2 atom stereocenters. The van der Waals surface area contributed by atoms with E-state index in [1.165, 1.54) is 36.8 Å². The normalized spacial score (nSPS) is 20.7. The topological polar surface area (TPSA) is 66.8 Å². The number of carbonyl (C=O) groups is 2. The van der Waals surface area contributed by atoms with Crippen LogP contribution >= 0.6 is 0 Å². The van der Waals surface area contributed by atoms with Gasteiger partial charge >= 0.3 is 11.9 Å². The molecule has 188 valence electrons. The molecule has 1 aromatic rings. The standard InChI is InChI=1S/C27H37F2NO4/c28-27(29,21-11-5-3-6-12-21)24(31)18-16-22-17-19-25(32)30(22)20-10-2-1-9-15-26(33)34-23-13-7-4-8-14-23/h3,5-6,11-12,16,18,22-24,31H,1-2,4,7-10,13-15,17,19-20H2/t22-,24+/m0/s1. The highest BCUT2D eigenvalue weighted by Crippen LogP contribution is 2.33. The van der Waals surface area contributed by atoms with Crippen LogP contribution in [0.1, 0.15) is 82.6 Å². The van der Waals surface area contributed by atoms with Crippen molar-refractivity contribution in [1.82, 2.24) is 4.90 Å². The fourth-order valence-corrected chi connectivity index (χ4v) is 4.76. The van der Waals surface area contributed by atoms with Crippen molar-refractivity contribution in [3.8, 4) is 0 Å². The molecule has 1 aliphatic heterocycles. The van der Waals surface area contributed by atoms with E-state index in [4.69, 9.17) is 4.74 Å². The van der Waals surface area contributed by atoms with Crippen molar-refractivity contribution in [2.75, 3.05) is 6.54 Å². The first-order valence-electron chi connectivity index (χ1n) is 12.7. The Morgan fingerprint density at radius 1 is 1.09 bits per heavy atom. The lowest BCUT2D eigenvalue weighted by Gasteiger charge is -2.24.